The Balaban J connectivity index is 1.56. The summed E-state index contributed by atoms with van der Waals surface area (Å²) in [5.74, 6) is 1.05. The molecule has 1 aliphatic rings. The Bertz CT molecular complexity index is 1260. The standard InChI is InChI=1S/C21H23BrN6O6S/c1-31-7-5-27-35(29,30)28-19-18(15-2-3-17-14(10-15)4-6-32-17)20(26-13-25-19)33-8-9-34-21-23-11-16(22)12-24-21/h2-3,10-13,27H,4-9H2,1H3,(H,25,26,28). The molecular weight excluding hydrogens is 544 g/mol. The molecule has 35 heavy (non-hydrogen) atoms. The van der Waals surface area contributed by atoms with Crippen molar-refractivity contribution in [1.29, 1.82) is 0 Å². The summed E-state index contributed by atoms with van der Waals surface area (Å²) in [7, 11) is -2.44. The van der Waals surface area contributed by atoms with Crippen molar-refractivity contribution in [3.8, 4) is 28.8 Å². The van der Waals surface area contributed by atoms with E-state index in [-0.39, 0.29) is 44.1 Å². The maximum absolute atomic E-state index is 12.6. The Morgan fingerprint density at radius 1 is 1.09 bits per heavy atom. The minimum atomic E-state index is -3.93. The molecule has 14 heteroatoms. The third-order valence-corrected chi connectivity index (χ3v) is 6.23. The van der Waals surface area contributed by atoms with E-state index in [1.54, 1.807) is 18.5 Å². The summed E-state index contributed by atoms with van der Waals surface area (Å²) in [6.07, 6.45) is 5.11. The van der Waals surface area contributed by atoms with Crippen LogP contribution in [0.3, 0.4) is 0 Å². The van der Waals surface area contributed by atoms with Gasteiger partial charge < -0.3 is 18.9 Å². The summed E-state index contributed by atoms with van der Waals surface area (Å²) in [5, 5.41) is 0. The molecule has 0 bridgehead atoms. The largest absolute Gasteiger partial charge is 0.493 e. The van der Waals surface area contributed by atoms with Crippen molar-refractivity contribution in [3.05, 3.63) is 47.0 Å². The molecule has 12 nitrogen and oxygen atoms in total. The Kier molecular flexibility index (Phi) is 8.28. The van der Waals surface area contributed by atoms with Crippen molar-refractivity contribution in [2.45, 2.75) is 6.42 Å². The van der Waals surface area contributed by atoms with Gasteiger partial charge in [0.25, 0.3) is 10.2 Å². The van der Waals surface area contributed by atoms with Gasteiger partial charge in [-0.15, -0.1) is 0 Å². The van der Waals surface area contributed by atoms with E-state index in [9.17, 15) is 8.42 Å². The summed E-state index contributed by atoms with van der Waals surface area (Å²) in [6.45, 7) is 1.16. The molecule has 1 aromatic carbocycles. The van der Waals surface area contributed by atoms with E-state index >= 15 is 0 Å². The fraction of sp³-hybridized carbons (Fsp3) is 0.333. The van der Waals surface area contributed by atoms with E-state index in [1.807, 2.05) is 12.1 Å². The van der Waals surface area contributed by atoms with Gasteiger partial charge in [-0.2, -0.15) is 13.1 Å². The van der Waals surface area contributed by atoms with E-state index in [0.717, 1.165) is 22.2 Å². The maximum atomic E-state index is 12.6. The highest BCUT2D eigenvalue weighted by molar-refractivity contribution is 9.10. The number of ether oxygens (including phenoxy) is 4. The monoisotopic (exact) mass is 566 g/mol. The second-order valence-electron chi connectivity index (χ2n) is 7.20. The van der Waals surface area contributed by atoms with Crippen LogP contribution < -0.4 is 23.7 Å². The first-order valence-corrected chi connectivity index (χ1v) is 12.8. The van der Waals surface area contributed by atoms with Crippen LogP contribution in [0.2, 0.25) is 0 Å². The third kappa shape index (κ3) is 6.75. The number of aromatic nitrogens is 4. The zero-order valence-corrected chi connectivity index (χ0v) is 21.1. The quantitative estimate of drug-likeness (QED) is 0.312. The van der Waals surface area contributed by atoms with Crippen LogP contribution in [0.4, 0.5) is 5.82 Å². The number of benzene rings is 1. The van der Waals surface area contributed by atoms with Crippen LogP contribution in [0.1, 0.15) is 5.56 Å². The molecule has 0 atom stereocenters. The maximum Gasteiger partial charge on any atom is 0.316 e. The summed E-state index contributed by atoms with van der Waals surface area (Å²) < 4.78 is 52.6. The van der Waals surface area contributed by atoms with E-state index in [2.05, 4.69) is 45.3 Å². The van der Waals surface area contributed by atoms with Gasteiger partial charge in [0.05, 0.1) is 23.2 Å². The van der Waals surface area contributed by atoms with Crippen molar-refractivity contribution < 1.29 is 27.4 Å². The summed E-state index contributed by atoms with van der Waals surface area (Å²) in [5.41, 5.74) is 2.07. The topological polar surface area (TPSA) is 147 Å². The molecule has 0 saturated heterocycles. The first kappa shape index (κ1) is 25.0. The summed E-state index contributed by atoms with van der Waals surface area (Å²) in [4.78, 5) is 16.5. The number of hydrogen-bond donors (Lipinski definition) is 2. The average Bonchev–Trinajstić information content (AvgIpc) is 3.31. The van der Waals surface area contributed by atoms with Gasteiger partial charge in [-0.3, -0.25) is 4.72 Å². The second-order valence-corrected chi connectivity index (χ2v) is 9.61. The number of methoxy groups -OCH3 is 1. The van der Waals surface area contributed by atoms with Gasteiger partial charge in [-0.05, 0) is 39.2 Å². The van der Waals surface area contributed by atoms with E-state index in [0.29, 0.717) is 17.7 Å². The molecule has 0 unspecified atom stereocenters. The van der Waals surface area contributed by atoms with E-state index in [4.69, 9.17) is 18.9 Å². The highest BCUT2D eigenvalue weighted by Crippen LogP contribution is 2.37. The van der Waals surface area contributed by atoms with Gasteiger partial charge in [0.2, 0.25) is 5.88 Å². The number of anilines is 1. The molecule has 2 aromatic heterocycles. The predicted molar refractivity (Wildman–Crippen MR) is 130 cm³/mol. The van der Waals surface area contributed by atoms with Crippen LogP contribution in [0.5, 0.6) is 17.6 Å². The zero-order chi connectivity index (χ0) is 24.7. The lowest BCUT2D eigenvalue weighted by Crippen LogP contribution is -2.33. The molecule has 3 aromatic rings. The zero-order valence-electron chi connectivity index (χ0n) is 18.7. The van der Waals surface area contributed by atoms with Crippen LogP contribution in [0.15, 0.2) is 41.4 Å². The molecular formula is C21H23BrN6O6S. The lowest BCUT2D eigenvalue weighted by Gasteiger charge is -2.16. The predicted octanol–water partition coefficient (Wildman–Crippen LogP) is 1.98. The normalized spacial score (nSPS) is 12.6. The molecule has 0 amide bonds. The molecule has 0 spiro atoms. The van der Waals surface area contributed by atoms with E-state index in [1.165, 1.54) is 13.4 Å². The van der Waals surface area contributed by atoms with Crippen LogP contribution in [0.25, 0.3) is 11.1 Å². The van der Waals surface area contributed by atoms with Gasteiger partial charge in [0.1, 0.15) is 25.3 Å². The Hall–Kier alpha value is -3.07. The van der Waals surface area contributed by atoms with Crippen LogP contribution in [0, 0.1) is 0 Å². The number of nitrogens with one attached hydrogen (secondary N) is 2. The molecule has 0 saturated carbocycles. The van der Waals surface area contributed by atoms with E-state index < -0.39 is 10.2 Å². The molecule has 1 aliphatic heterocycles. The molecule has 3 heterocycles. The first-order chi connectivity index (χ1) is 16.9. The van der Waals surface area contributed by atoms with Crippen LogP contribution >= 0.6 is 15.9 Å². The van der Waals surface area contributed by atoms with Gasteiger partial charge in [-0.1, -0.05) is 6.07 Å². The van der Waals surface area contributed by atoms with Crippen molar-refractivity contribution in [1.82, 2.24) is 24.7 Å². The van der Waals surface area contributed by atoms with Crippen molar-refractivity contribution in [3.63, 3.8) is 0 Å². The minimum Gasteiger partial charge on any atom is -0.493 e. The van der Waals surface area contributed by atoms with Crippen molar-refractivity contribution in [2.24, 2.45) is 0 Å². The Morgan fingerprint density at radius 3 is 2.69 bits per heavy atom. The van der Waals surface area contributed by atoms with Gasteiger partial charge in [0.15, 0.2) is 5.82 Å². The smallest absolute Gasteiger partial charge is 0.316 e. The molecule has 0 fully saturated rings. The third-order valence-electron chi connectivity index (χ3n) is 4.77. The lowest BCUT2D eigenvalue weighted by atomic mass is 10.0. The first-order valence-electron chi connectivity index (χ1n) is 10.6. The number of nitrogens with zero attached hydrogens (tertiary/aromatic N) is 4. The highest BCUT2D eigenvalue weighted by Gasteiger charge is 2.22. The summed E-state index contributed by atoms with van der Waals surface area (Å²) >= 11 is 3.26. The Morgan fingerprint density at radius 2 is 1.89 bits per heavy atom. The van der Waals surface area contributed by atoms with Crippen LogP contribution in [-0.2, 0) is 21.4 Å². The number of rotatable bonds is 12. The fourth-order valence-electron chi connectivity index (χ4n) is 3.25. The van der Waals surface area contributed by atoms with Crippen molar-refractivity contribution in [2.75, 3.05) is 44.8 Å². The molecule has 186 valence electrons. The van der Waals surface area contributed by atoms with Gasteiger partial charge in [-0.25, -0.2) is 19.9 Å². The van der Waals surface area contributed by atoms with Crippen LogP contribution in [-0.4, -0.2) is 68.4 Å². The SMILES string of the molecule is COCCNS(=O)(=O)Nc1ncnc(OCCOc2ncc(Br)cn2)c1-c1ccc2c(c1)CCO2. The number of fused-ring (bicyclic) bond motifs is 1. The molecule has 0 aliphatic carbocycles. The second kappa shape index (κ2) is 11.6. The fourth-order valence-corrected chi connectivity index (χ4v) is 4.28. The lowest BCUT2D eigenvalue weighted by molar-refractivity contribution is 0.202. The van der Waals surface area contributed by atoms with Crippen molar-refractivity contribution >= 4 is 32.0 Å². The Labute approximate surface area is 210 Å². The average molecular weight is 567 g/mol. The van der Waals surface area contributed by atoms with Gasteiger partial charge in [0, 0.05) is 32.5 Å². The minimum absolute atomic E-state index is 0.0657. The number of halogens is 1. The molecule has 4 rings (SSSR count). The number of hydrogen-bond acceptors (Lipinski definition) is 10. The van der Waals surface area contributed by atoms with Gasteiger partial charge >= 0.3 is 6.01 Å². The summed E-state index contributed by atoms with van der Waals surface area (Å²) in [6, 6.07) is 5.75. The molecule has 2 N–H and O–H groups in total. The highest BCUT2D eigenvalue weighted by atomic mass is 79.9. The molecule has 0 radical (unpaired) electrons.